The van der Waals surface area contributed by atoms with Gasteiger partial charge in [0, 0.05) is 19.7 Å². The van der Waals surface area contributed by atoms with E-state index in [1.165, 1.54) is 4.90 Å². The predicted molar refractivity (Wildman–Crippen MR) is 115 cm³/mol. The lowest BCUT2D eigenvalue weighted by atomic mass is 10.0. The summed E-state index contributed by atoms with van der Waals surface area (Å²) >= 11 is 1.08. The van der Waals surface area contributed by atoms with Crippen molar-refractivity contribution in [2.24, 2.45) is 0 Å². The molecule has 6 nitrogen and oxygen atoms in total. The van der Waals surface area contributed by atoms with Gasteiger partial charge in [-0.05, 0) is 36.2 Å². The van der Waals surface area contributed by atoms with E-state index in [0.29, 0.717) is 21.0 Å². The standard InChI is InChI=1S/C22H22N2O4S/c1-5-28-22(27)17-13(2)18(21(26)24(3)4)29-20(17)23-19(25)16-12-8-10-14-9-6-7-11-15(14)16/h6-12H,5H2,1-4H3,(H,23,25). The monoisotopic (exact) mass is 410 g/mol. The number of thiophene rings is 1. The van der Waals surface area contributed by atoms with E-state index >= 15 is 0 Å². The third kappa shape index (κ3) is 4.00. The summed E-state index contributed by atoms with van der Waals surface area (Å²) in [6.45, 7) is 3.59. The van der Waals surface area contributed by atoms with Crippen LogP contribution in [0.5, 0.6) is 0 Å². The Morgan fingerprint density at radius 2 is 1.76 bits per heavy atom. The van der Waals surface area contributed by atoms with Crippen LogP contribution in [0, 0.1) is 6.92 Å². The minimum absolute atomic E-state index is 0.196. The fourth-order valence-corrected chi connectivity index (χ4v) is 4.26. The zero-order chi connectivity index (χ0) is 21.1. The topological polar surface area (TPSA) is 75.7 Å². The largest absolute Gasteiger partial charge is 0.462 e. The van der Waals surface area contributed by atoms with E-state index in [4.69, 9.17) is 4.74 Å². The molecule has 0 saturated carbocycles. The molecule has 3 rings (SSSR count). The molecule has 150 valence electrons. The molecule has 29 heavy (non-hydrogen) atoms. The first-order chi connectivity index (χ1) is 13.8. The number of amides is 2. The highest BCUT2D eigenvalue weighted by Gasteiger charge is 2.27. The van der Waals surface area contributed by atoms with Crippen LogP contribution in [0.2, 0.25) is 0 Å². The van der Waals surface area contributed by atoms with Crippen LogP contribution in [0.25, 0.3) is 10.8 Å². The van der Waals surface area contributed by atoms with Crippen LogP contribution in [0.4, 0.5) is 5.00 Å². The number of hydrogen-bond acceptors (Lipinski definition) is 5. The molecule has 0 spiro atoms. The Hall–Kier alpha value is -3.19. The molecular formula is C22H22N2O4S. The highest BCUT2D eigenvalue weighted by atomic mass is 32.1. The van der Waals surface area contributed by atoms with Crippen molar-refractivity contribution < 1.29 is 19.1 Å². The molecule has 1 heterocycles. The van der Waals surface area contributed by atoms with Crippen LogP contribution in [-0.4, -0.2) is 43.4 Å². The number of carbonyl (C=O) groups is 3. The van der Waals surface area contributed by atoms with Gasteiger partial charge in [0.25, 0.3) is 11.8 Å². The molecule has 0 aliphatic rings. The molecule has 1 aromatic heterocycles. The molecule has 3 aromatic rings. The number of anilines is 1. The van der Waals surface area contributed by atoms with E-state index in [1.54, 1.807) is 34.0 Å². The molecule has 2 aromatic carbocycles. The minimum Gasteiger partial charge on any atom is -0.462 e. The van der Waals surface area contributed by atoms with Crippen molar-refractivity contribution in [2.75, 3.05) is 26.0 Å². The van der Waals surface area contributed by atoms with E-state index in [9.17, 15) is 14.4 Å². The first-order valence-corrected chi connectivity index (χ1v) is 9.98. The maximum atomic E-state index is 13.0. The summed E-state index contributed by atoms with van der Waals surface area (Å²) < 4.78 is 5.15. The van der Waals surface area contributed by atoms with Gasteiger partial charge in [-0.15, -0.1) is 11.3 Å². The summed E-state index contributed by atoms with van der Waals surface area (Å²) in [4.78, 5) is 39.9. The second kappa shape index (κ2) is 8.45. The Morgan fingerprint density at radius 3 is 2.45 bits per heavy atom. The van der Waals surface area contributed by atoms with Crippen LogP contribution < -0.4 is 5.32 Å². The van der Waals surface area contributed by atoms with Crippen LogP contribution in [0.3, 0.4) is 0 Å². The number of ether oxygens (including phenoxy) is 1. The Balaban J connectivity index is 2.05. The van der Waals surface area contributed by atoms with Gasteiger partial charge in [-0.3, -0.25) is 9.59 Å². The van der Waals surface area contributed by atoms with E-state index in [1.807, 2.05) is 36.4 Å². The fraction of sp³-hybridized carbons (Fsp3) is 0.227. The van der Waals surface area contributed by atoms with Crippen molar-refractivity contribution in [3.05, 3.63) is 64.0 Å². The molecule has 0 radical (unpaired) electrons. The summed E-state index contributed by atoms with van der Waals surface area (Å²) in [5.41, 5.74) is 1.21. The van der Waals surface area contributed by atoms with E-state index in [-0.39, 0.29) is 24.0 Å². The molecule has 0 atom stereocenters. The van der Waals surface area contributed by atoms with E-state index in [0.717, 1.165) is 22.1 Å². The molecular weight excluding hydrogens is 388 g/mol. The Morgan fingerprint density at radius 1 is 1.07 bits per heavy atom. The number of esters is 1. The number of benzene rings is 2. The molecule has 0 fully saturated rings. The number of fused-ring (bicyclic) bond motifs is 1. The smallest absolute Gasteiger partial charge is 0.341 e. The molecule has 1 N–H and O–H groups in total. The van der Waals surface area contributed by atoms with Crippen LogP contribution in [0.1, 0.15) is 42.9 Å². The van der Waals surface area contributed by atoms with Crippen molar-refractivity contribution in [1.82, 2.24) is 4.90 Å². The summed E-state index contributed by atoms with van der Waals surface area (Å²) in [5.74, 6) is -1.14. The van der Waals surface area contributed by atoms with Gasteiger partial charge in [-0.2, -0.15) is 0 Å². The maximum Gasteiger partial charge on any atom is 0.341 e. The summed E-state index contributed by atoms with van der Waals surface area (Å²) in [7, 11) is 3.28. The Labute approximate surface area is 173 Å². The first-order valence-electron chi connectivity index (χ1n) is 9.16. The first kappa shape index (κ1) is 20.5. The van der Waals surface area contributed by atoms with Crippen molar-refractivity contribution >= 4 is 44.9 Å². The van der Waals surface area contributed by atoms with Gasteiger partial charge < -0.3 is 15.0 Å². The SMILES string of the molecule is CCOC(=O)c1c(NC(=O)c2cccc3ccccc23)sc(C(=O)N(C)C)c1C. The number of rotatable bonds is 5. The predicted octanol–water partition coefficient (Wildman–Crippen LogP) is 4.34. The van der Waals surface area contributed by atoms with Gasteiger partial charge in [0.1, 0.15) is 5.00 Å². The molecule has 0 bridgehead atoms. The molecule has 0 aliphatic heterocycles. The number of hydrogen-bond donors (Lipinski definition) is 1. The van der Waals surface area contributed by atoms with Gasteiger partial charge >= 0.3 is 5.97 Å². The lowest BCUT2D eigenvalue weighted by Crippen LogP contribution is -2.21. The van der Waals surface area contributed by atoms with Crippen molar-refractivity contribution in [2.45, 2.75) is 13.8 Å². The van der Waals surface area contributed by atoms with Gasteiger partial charge in [0.2, 0.25) is 0 Å². The number of nitrogens with one attached hydrogen (secondary N) is 1. The van der Waals surface area contributed by atoms with Gasteiger partial charge in [-0.1, -0.05) is 36.4 Å². The number of carbonyl (C=O) groups excluding carboxylic acids is 3. The average Bonchev–Trinajstić information content (AvgIpc) is 3.02. The fourth-order valence-electron chi connectivity index (χ4n) is 3.05. The summed E-state index contributed by atoms with van der Waals surface area (Å²) in [6, 6.07) is 13.0. The lowest BCUT2D eigenvalue weighted by Gasteiger charge is -2.09. The molecule has 2 amide bonds. The second-order valence-corrected chi connectivity index (χ2v) is 7.68. The lowest BCUT2D eigenvalue weighted by molar-refractivity contribution is 0.0527. The van der Waals surface area contributed by atoms with Gasteiger partial charge in [0.05, 0.1) is 17.0 Å². The van der Waals surface area contributed by atoms with Crippen molar-refractivity contribution in [3.63, 3.8) is 0 Å². The number of nitrogens with zero attached hydrogens (tertiary/aromatic N) is 1. The van der Waals surface area contributed by atoms with Gasteiger partial charge in [-0.25, -0.2) is 4.79 Å². The minimum atomic E-state index is -0.563. The van der Waals surface area contributed by atoms with E-state index < -0.39 is 5.97 Å². The normalized spacial score (nSPS) is 10.6. The second-order valence-electron chi connectivity index (χ2n) is 6.66. The highest BCUT2D eigenvalue weighted by Crippen LogP contribution is 2.35. The Kier molecular flexibility index (Phi) is 5.98. The average molecular weight is 410 g/mol. The van der Waals surface area contributed by atoms with Crippen LogP contribution in [0.15, 0.2) is 42.5 Å². The van der Waals surface area contributed by atoms with Crippen molar-refractivity contribution in [3.8, 4) is 0 Å². The summed E-state index contributed by atoms with van der Waals surface area (Å²) in [5, 5.41) is 4.88. The molecule has 0 unspecified atom stereocenters. The van der Waals surface area contributed by atoms with E-state index in [2.05, 4.69) is 5.32 Å². The third-order valence-corrected chi connectivity index (χ3v) is 5.68. The third-order valence-electron chi connectivity index (χ3n) is 4.49. The zero-order valence-electron chi connectivity index (χ0n) is 16.7. The zero-order valence-corrected chi connectivity index (χ0v) is 17.6. The molecule has 7 heteroatoms. The van der Waals surface area contributed by atoms with Crippen LogP contribution >= 0.6 is 11.3 Å². The molecule has 0 saturated heterocycles. The summed E-state index contributed by atoms with van der Waals surface area (Å²) in [6.07, 6.45) is 0. The van der Waals surface area contributed by atoms with Gasteiger partial charge in [0.15, 0.2) is 0 Å². The molecule has 0 aliphatic carbocycles. The van der Waals surface area contributed by atoms with Crippen LogP contribution in [-0.2, 0) is 4.74 Å². The van der Waals surface area contributed by atoms with Crippen molar-refractivity contribution in [1.29, 1.82) is 0 Å². The Bertz CT molecular complexity index is 1100. The highest BCUT2D eigenvalue weighted by molar-refractivity contribution is 7.18. The quantitative estimate of drug-likeness (QED) is 0.635. The maximum absolute atomic E-state index is 13.0.